The molecular formula is C10H18O. The third-order valence-electron chi connectivity index (χ3n) is 2.74. The average Bonchev–Trinajstić information content (AvgIpc) is 1.94. The molecule has 0 unspecified atom stereocenters. The van der Waals surface area contributed by atoms with Crippen molar-refractivity contribution in [1.82, 2.24) is 0 Å². The standard InChI is InChI=1S/C10H18O/c1-7(2)9-5-4-8(3)10(11)6-9/h4,7,9-11H,5-6H2,1-3H3/t9-,10+/m0/s1. The van der Waals surface area contributed by atoms with Crippen molar-refractivity contribution in [2.75, 3.05) is 0 Å². The number of aliphatic hydroxyl groups excluding tert-OH is 1. The highest BCUT2D eigenvalue weighted by molar-refractivity contribution is 5.09. The second-order valence-electron chi connectivity index (χ2n) is 3.94. The third kappa shape index (κ3) is 2.06. The first-order valence-corrected chi connectivity index (χ1v) is 4.46. The second-order valence-corrected chi connectivity index (χ2v) is 3.94. The summed E-state index contributed by atoms with van der Waals surface area (Å²) in [7, 11) is 0. The summed E-state index contributed by atoms with van der Waals surface area (Å²) >= 11 is 0. The van der Waals surface area contributed by atoms with Crippen LogP contribution >= 0.6 is 0 Å². The zero-order chi connectivity index (χ0) is 8.43. The summed E-state index contributed by atoms with van der Waals surface area (Å²) in [5.41, 5.74) is 1.15. The highest BCUT2D eigenvalue weighted by Gasteiger charge is 2.21. The first-order chi connectivity index (χ1) is 5.11. The molecule has 64 valence electrons. The van der Waals surface area contributed by atoms with E-state index in [1.54, 1.807) is 0 Å². The van der Waals surface area contributed by atoms with Crippen molar-refractivity contribution in [3.63, 3.8) is 0 Å². The smallest absolute Gasteiger partial charge is 0.0750 e. The van der Waals surface area contributed by atoms with Gasteiger partial charge in [0, 0.05) is 0 Å². The SMILES string of the molecule is CC1=CC[C@H](C(C)C)C[C@H]1O. The molecule has 0 saturated heterocycles. The predicted molar refractivity (Wildman–Crippen MR) is 47.3 cm³/mol. The number of allylic oxidation sites excluding steroid dienone is 1. The van der Waals surface area contributed by atoms with Crippen molar-refractivity contribution in [3.05, 3.63) is 11.6 Å². The van der Waals surface area contributed by atoms with E-state index >= 15 is 0 Å². The molecule has 0 radical (unpaired) electrons. The largest absolute Gasteiger partial charge is 0.389 e. The van der Waals surface area contributed by atoms with Crippen LogP contribution in [0.3, 0.4) is 0 Å². The molecule has 1 nitrogen and oxygen atoms in total. The van der Waals surface area contributed by atoms with E-state index in [0.29, 0.717) is 11.8 Å². The van der Waals surface area contributed by atoms with Crippen LogP contribution in [0.1, 0.15) is 33.6 Å². The maximum atomic E-state index is 9.53. The van der Waals surface area contributed by atoms with Gasteiger partial charge in [-0.25, -0.2) is 0 Å². The van der Waals surface area contributed by atoms with Gasteiger partial charge in [0.15, 0.2) is 0 Å². The summed E-state index contributed by atoms with van der Waals surface area (Å²) < 4.78 is 0. The molecule has 0 amide bonds. The second kappa shape index (κ2) is 3.40. The van der Waals surface area contributed by atoms with Crippen molar-refractivity contribution in [2.24, 2.45) is 11.8 Å². The molecule has 0 aromatic carbocycles. The predicted octanol–water partition coefficient (Wildman–Crippen LogP) is 2.36. The fourth-order valence-corrected chi connectivity index (χ4v) is 1.59. The van der Waals surface area contributed by atoms with Gasteiger partial charge in [0.1, 0.15) is 0 Å². The monoisotopic (exact) mass is 154 g/mol. The lowest BCUT2D eigenvalue weighted by molar-refractivity contribution is 0.149. The minimum absolute atomic E-state index is 0.170. The Hall–Kier alpha value is -0.300. The van der Waals surface area contributed by atoms with Gasteiger partial charge in [0.05, 0.1) is 6.10 Å². The Labute approximate surface area is 69.1 Å². The summed E-state index contributed by atoms with van der Waals surface area (Å²) in [6.45, 7) is 6.47. The Morgan fingerprint density at radius 3 is 2.64 bits per heavy atom. The quantitative estimate of drug-likeness (QED) is 0.575. The Kier molecular flexibility index (Phi) is 2.72. The summed E-state index contributed by atoms with van der Waals surface area (Å²) in [6.07, 6.45) is 4.12. The van der Waals surface area contributed by atoms with Gasteiger partial charge in [0.25, 0.3) is 0 Å². The molecule has 1 N–H and O–H groups in total. The van der Waals surface area contributed by atoms with Gasteiger partial charge in [-0.3, -0.25) is 0 Å². The topological polar surface area (TPSA) is 20.2 Å². The molecule has 1 heteroatoms. The van der Waals surface area contributed by atoms with Gasteiger partial charge in [-0.15, -0.1) is 0 Å². The van der Waals surface area contributed by atoms with Gasteiger partial charge in [-0.1, -0.05) is 19.9 Å². The molecule has 2 atom stereocenters. The van der Waals surface area contributed by atoms with E-state index in [1.165, 1.54) is 0 Å². The highest BCUT2D eigenvalue weighted by Crippen LogP contribution is 2.28. The van der Waals surface area contributed by atoms with Crippen molar-refractivity contribution >= 4 is 0 Å². The maximum Gasteiger partial charge on any atom is 0.0750 e. The van der Waals surface area contributed by atoms with Crippen LogP contribution in [0.5, 0.6) is 0 Å². The lowest BCUT2D eigenvalue weighted by atomic mass is 9.81. The number of aliphatic hydroxyl groups is 1. The number of hydrogen-bond donors (Lipinski definition) is 1. The lowest BCUT2D eigenvalue weighted by Gasteiger charge is -2.27. The molecule has 0 aromatic rings. The van der Waals surface area contributed by atoms with Gasteiger partial charge in [-0.05, 0) is 37.2 Å². The van der Waals surface area contributed by atoms with Crippen molar-refractivity contribution in [2.45, 2.75) is 39.7 Å². The summed E-state index contributed by atoms with van der Waals surface area (Å²) in [5.74, 6) is 1.39. The van der Waals surface area contributed by atoms with Gasteiger partial charge in [-0.2, -0.15) is 0 Å². The van der Waals surface area contributed by atoms with Crippen LogP contribution in [0.15, 0.2) is 11.6 Å². The van der Waals surface area contributed by atoms with Gasteiger partial charge in [0.2, 0.25) is 0 Å². The van der Waals surface area contributed by atoms with E-state index in [1.807, 2.05) is 6.92 Å². The molecule has 0 heterocycles. The molecule has 1 aliphatic carbocycles. The van der Waals surface area contributed by atoms with E-state index in [0.717, 1.165) is 18.4 Å². The van der Waals surface area contributed by atoms with Crippen LogP contribution in [0.2, 0.25) is 0 Å². The Bertz CT molecular complexity index is 158. The van der Waals surface area contributed by atoms with Gasteiger partial charge < -0.3 is 5.11 Å². The highest BCUT2D eigenvalue weighted by atomic mass is 16.3. The van der Waals surface area contributed by atoms with Crippen LogP contribution < -0.4 is 0 Å². The van der Waals surface area contributed by atoms with Crippen molar-refractivity contribution < 1.29 is 5.11 Å². The average molecular weight is 154 g/mol. The molecule has 0 aliphatic heterocycles. The third-order valence-corrected chi connectivity index (χ3v) is 2.74. The fourth-order valence-electron chi connectivity index (χ4n) is 1.59. The molecule has 1 aliphatic rings. The minimum atomic E-state index is -0.170. The van der Waals surface area contributed by atoms with E-state index in [-0.39, 0.29) is 6.10 Å². The molecule has 1 rings (SSSR count). The Morgan fingerprint density at radius 2 is 2.18 bits per heavy atom. The summed E-state index contributed by atoms with van der Waals surface area (Å²) in [4.78, 5) is 0. The molecular weight excluding hydrogens is 136 g/mol. The molecule has 0 aromatic heterocycles. The molecule has 0 spiro atoms. The summed E-state index contributed by atoms with van der Waals surface area (Å²) in [6, 6.07) is 0. The first kappa shape index (κ1) is 8.79. The normalized spacial score (nSPS) is 32.3. The van der Waals surface area contributed by atoms with E-state index < -0.39 is 0 Å². The van der Waals surface area contributed by atoms with Crippen molar-refractivity contribution in [3.8, 4) is 0 Å². The summed E-state index contributed by atoms with van der Waals surface area (Å²) in [5, 5.41) is 9.53. The molecule has 0 bridgehead atoms. The molecule has 0 fully saturated rings. The van der Waals surface area contributed by atoms with E-state index in [2.05, 4.69) is 19.9 Å². The number of rotatable bonds is 1. The zero-order valence-electron chi connectivity index (χ0n) is 7.67. The lowest BCUT2D eigenvalue weighted by Crippen LogP contribution is -2.22. The maximum absolute atomic E-state index is 9.53. The van der Waals surface area contributed by atoms with Crippen LogP contribution in [0.25, 0.3) is 0 Å². The zero-order valence-corrected chi connectivity index (χ0v) is 7.67. The van der Waals surface area contributed by atoms with Crippen LogP contribution in [0.4, 0.5) is 0 Å². The van der Waals surface area contributed by atoms with Crippen LogP contribution in [-0.2, 0) is 0 Å². The molecule has 0 saturated carbocycles. The van der Waals surface area contributed by atoms with Crippen molar-refractivity contribution in [1.29, 1.82) is 0 Å². The fraction of sp³-hybridized carbons (Fsp3) is 0.800. The van der Waals surface area contributed by atoms with E-state index in [9.17, 15) is 5.11 Å². The van der Waals surface area contributed by atoms with Gasteiger partial charge >= 0.3 is 0 Å². The van der Waals surface area contributed by atoms with E-state index in [4.69, 9.17) is 0 Å². The molecule has 11 heavy (non-hydrogen) atoms. The minimum Gasteiger partial charge on any atom is -0.389 e. The number of hydrogen-bond acceptors (Lipinski definition) is 1. The Morgan fingerprint density at radius 1 is 1.55 bits per heavy atom. The van der Waals surface area contributed by atoms with Crippen LogP contribution in [-0.4, -0.2) is 11.2 Å². The Balaban J connectivity index is 2.55. The first-order valence-electron chi connectivity index (χ1n) is 4.46. The van der Waals surface area contributed by atoms with Crippen LogP contribution in [0, 0.1) is 11.8 Å².